The predicted octanol–water partition coefficient (Wildman–Crippen LogP) is 0.917. The van der Waals surface area contributed by atoms with Crippen LogP contribution in [-0.2, 0) is 23.6 Å². The molecule has 1 fully saturated rings. The quantitative estimate of drug-likeness (QED) is 0.776. The standard InChI is InChI=1S/C18H26N6O2S/c1-13(2)24-16-12-23(10-14-8-20-21(3)9-14)11-15(16)22(4)18-17(27(24,25)26)6-5-7-19-18/h5-9,13,15-16H,10-12H2,1-4H3/t15-,16+/m1/s1. The van der Waals surface area contributed by atoms with Crippen LogP contribution in [0.25, 0.3) is 0 Å². The van der Waals surface area contributed by atoms with Gasteiger partial charge in [0.15, 0.2) is 0 Å². The third-order valence-electron chi connectivity index (χ3n) is 5.47. The highest BCUT2D eigenvalue weighted by Crippen LogP contribution is 2.37. The summed E-state index contributed by atoms with van der Waals surface area (Å²) in [6.45, 7) is 6.12. The molecule has 0 radical (unpaired) electrons. The van der Waals surface area contributed by atoms with Gasteiger partial charge in [0.25, 0.3) is 0 Å². The number of anilines is 1. The summed E-state index contributed by atoms with van der Waals surface area (Å²) < 4.78 is 30.4. The van der Waals surface area contributed by atoms with Gasteiger partial charge in [-0.05, 0) is 26.0 Å². The van der Waals surface area contributed by atoms with Crippen LogP contribution in [-0.4, -0.2) is 70.7 Å². The van der Waals surface area contributed by atoms with Gasteiger partial charge in [0, 0.05) is 57.7 Å². The number of likely N-dealkylation sites (tertiary alicyclic amines) is 1. The van der Waals surface area contributed by atoms with Gasteiger partial charge < -0.3 is 4.90 Å². The van der Waals surface area contributed by atoms with E-state index < -0.39 is 10.0 Å². The molecular formula is C18H26N6O2S. The molecule has 0 aliphatic carbocycles. The SMILES string of the molecule is CC(C)N1[C@H]2CN(Cc3cnn(C)c3)C[C@H]2N(C)c2ncccc2S1(=O)=O. The van der Waals surface area contributed by atoms with E-state index in [1.54, 1.807) is 27.3 Å². The molecule has 146 valence electrons. The van der Waals surface area contributed by atoms with Gasteiger partial charge >= 0.3 is 0 Å². The minimum atomic E-state index is -3.61. The zero-order chi connectivity index (χ0) is 19.3. The fraction of sp³-hybridized carbons (Fsp3) is 0.556. The van der Waals surface area contributed by atoms with Crippen molar-refractivity contribution >= 4 is 15.8 Å². The first-order valence-electron chi connectivity index (χ1n) is 9.20. The van der Waals surface area contributed by atoms with Crippen molar-refractivity contribution in [2.45, 2.75) is 43.4 Å². The van der Waals surface area contributed by atoms with Crippen LogP contribution in [0, 0.1) is 0 Å². The third-order valence-corrected chi connectivity index (χ3v) is 7.59. The van der Waals surface area contributed by atoms with Crippen molar-refractivity contribution in [2.75, 3.05) is 25.0 Å². The zero-order valence-corrected chi connectivity index (χ0v) is 17.0. The van der Waals surface area contributed by atoms with Crippen molar-refractivity contribution in [1.82, 2.24) is 24.0 Å². The van der Waals surface area contributed by atoms with Crippen LogP contribution < -0.4 is 4.90 Å². The minimum absolute atomic E-state index is 0.0509. The lowest BCUT2D eigenvalue weighted by atomic mass is 10.1. The van der Waals surface area contributed by atoms with Gasteiger partial charge in [-0.25, -0.2) is 13.4 Å². The molecule has 9 heteroatoms. The lowest BCUT2D eigenvalue weighted by Crippen LogP contribution is -2.52. The number of aryl methyl sites for hydroxylation is 1. The number of rotatable bonds is 3. The summed E-state index contributed by atoms with van der Waals surface area (Å²) >= 11 is 0. The maximum Gasteiger partial charge on any atom is 0.247 e. The first-order valence-corrected chi connectivity index (χ1v) is 10.6. The average molecular weight is 391 g/mol. The van der Waals surface area contributed by atoms with Crippen LogP contribution in [0.3, 0.4) is 0 Å². The van der Waals surface area contributed by atoms with E-state index in [2.05, 4.69) is 15.0 Å². The summed E-state index contributed by atoms with van der Waals surface area (Å²) in [6.07, 6.45) is 5.53. The molecular weight excluding hydrogens is 364 g/mol. The molecule has 4 heterocycles. The number of aromatic nitrogens is 3. The van der Waals surface area contributed by atoms with Crippen molar-refractivity contribution in [3.05, 3.63) is 36.3 Å². The lowest BCUT2D eigenvalue weighted by molar-refractivity contribution is 0.249. The van der Waals surface area contributed by atoms with Crippen LogP contribution in [0.15, 0.2) is 35.6 Å². The van der Waals surface area contributed by atoms with E-state index in [0.717, 1.165) is 18.7 Å². The fourth-order valence-corrected chi connectivity index (χ4v) is 6.40. The normalized spacial score (nSPS) is 25.4. The maximum absolute atomic E-state index is 13.4. The van der Waals surface area contributed by atoms with Gasteiger partial charge in [-0.2, -0.15) is 9.40 Å². The van der Waals surface area contributed by atoms with Crippen molar-refractivity contribution in [2.24, 2.45) is 7.05 Å². The molecule has 2 aliphatic heterocycles. The Bertz CT molecular complexity index is 941. The van der Waals surface area contributed by atoms with E-state index in [1.165, 1.54) is 0 Å². The molecule has 2 aromatic heterocycles. The second kappa shape index (κ2) is 6.57. The molecule has 2 atom stereocenters. The summed E-state index contributed by atoms with van der Waals surface area (Å²) in [5, 5.41) is 4.24. The van der Waals surface area contributed by atoms with Crippen LogP contribution in [0.4, 0.5) is 5.82 Å². The molecule has 2 aromatic rings. The number of hydrogen-bond donors (Lipinski definition) is 0. The highest BCUT2D eigenvalue weighted by molar-refractivity contribution is 7.89. The fourth-order valence-electron chi connectivity index (χ4n) is 4.38. The monoisotopic (exact) mass is 390 g/mol. The first-order chi connectivity index (χ1) is 12.8. The lowest BCUT2D eigenvalue weighted by Gasteiger charge is -2.34. The van der Waals surface area contributed by atoms with Crippen LogP contribution in [0.1, 0.15) is 19.4 Å². The Hall–Kier alpha value is -1.97. The van der Waals surface area contributed by atoms with Gasteiger partial charge in [-0.1, -0.05) is 0 Å². The van der Waals surface area contributed by atoms with E-state index in [4.69, 9.17) is 0 Å². The number of nitrogens with zero attached hydrogens (tertiary/aromatic N) is 6. The van der Waals surface area contributed by atoms with E-state index in [0.29, 0.717) is 17.3 Å². The second-order valence-electron chi connectivity index (χ2n) is 7.72. The number of pyridine rings is 1. The Morgan fingerprint density at radius 2 is 1.96 bits per heavy atom. The highest BCUT2D eigenvalue weighted by Gasteiger charge is 2.49. The molecule has 4 rings (SSSR count). The molecule has 27 heavy (non-hydrogen) atoms. The van der Waals surface area contributed by atoms with E-state index in [9.17, 15) is 8.42 Å². The number of likely N-dealkylation sites (N-methyl/N-ethyl adjacent to an activating group) is 1. The number of fused-ring (bicyclic) bond motifs is 2. The Morgan fingerprint density at radius 1 is 1.22 bits per heavy atom. The smallest absolute Gasteiger partial charge is 0.247 e. The van der Waals surface area contributed by atoms with Gasteiger partial charge in [0.1, 0.15) is 10.7 Å². The van der Waals surface area contributed by atoms with Crippen molar-refractivity contribution < 1.29 is 8.42 Å². The molecule has 0 saturated carbocycles. The summed E-state index contributed by atoms with van der Waals surface area (Å²) in [5.41, 5.74) is 1.13. The zero-order valence-electron chi connectivity index (χ0n) is 16.1. The highest BCUT2D eigenvalue weighted by atomic mass is 32.2. The molecule has 1 saturated heterocycles. The van der Waals surface area contributed by atoms with E-state index in [-0.39, 0.29) is 18.1 Å². The number of sulfonamides is 1. The van der Waals surface area contributed by atoms with Gasteiger partial charge in [-0.3, -0.25) is 9.58 Å². The van der Waals surface area contributed by atoms with Crippen LogP contribution in [0.5, 0.6) is 0 Å². The molecule has 0 amide bonds. The summed E-state index contributed by atoms with van der Waals surface area (Å²) in [6, 6.07) is 3.16. The van der Waals surface area contributed by atoms with E-state index in [1.807, 2.05) is 45.2 Å². The van der Waals surface area contributed by atoms with E-state index >= 15 is 0 Å². The van der Waals surface area contributed by atoms with Crippen molar-refractivity contribution in [3.8, 4) is 0 Å². The average Bonchev–Trinajstić information content (AvgIpc) is 3.18. The van der Waals surface area contributed by atoms with Crippen molar-refractivity contribution in [3.63, 3.8) is 0 Å². The second-order valence-corrected chi connectivity index (χ2v) is 9.53. The Kier molecular flexibility index (Phi) is 4.48. The third kappa shape index (κ3) is 3.03. The van der Waals surface area contributed by atoms with Gasteiger partial charge in [0.05, 0.1) is 18.3 Å². The molecule has 0 aromatic carbocycles. The summed E-state index contributed by atoms with van der Waals surface area (Å²) in [4.78, 5) is 9.06. The molecule has 8 nitrogen and oxygen atoms in total. The van der Waals surface area contributed by atoms with Crippen molar-refractivity contribution in [1.29, 1.82) is 0 Å². The molecule has 2 aliphatic rings. The molecule has 0 bridgehead atoms. The van der Waals surface area contributed by atoms with Crippen LogP contribution in [0.2, 0.25) is 0 Å². The molecule has 0 N–H and O–H groups in total. The summed E-state index contributed by atoms with van der Waals surface area (Å²) in [5.74, 6) is 0.541. The topological polar surface area (TPSA) is 74.6 Å². The minimum Gasteiger partial charge on any atom is -0.353 e. The predicted molar refractivity (Wildman–Crippen MR) is 103 cm³/mol. The maximum atomic E-state index is 13.4. The molecule has 0 unspecified atom stereocenters. The molecule has 0 spiro atoms. The van der Waals surface area contributed by atoms with Gasteiger partial charge in [-0.15, -0.1) is 0 Å². The Balaban J connectivity index is 1.73. The largest absolute Gasteiger partial charge is 0.353 e. The van der Waals surface area contributed by atoms with Crippen LogP contribution >= 0.6 is 0 Å². The first kappa shape index (κ1) is 18.4. The summed E-state index contributed by atoms with van der Waals surface area (Å²) in [7, 11) is 0.247. The number of hydrogen-bond acceptors (Lipinski definition) is 6. The van der Waals surface area contributed by atoms with Gasteiger partial charge in [0.2, 0.25) is 10.0 Å². The Labute approximate surface area is 160 Å². The Morgan fingerprint density at radius 3 is 2.63 bits per heavy atom.